The number of aryl methyl sites for hydroxylation is 1. The molecule has 0 saturated heterocycles. The van der Waals surface area contributed by atoms with E-state index in [2.05, 4.69) is 20.4 Å². The monoisotopic (exact) mass is 328 g/mol. The van der Waals surface area contributed by atoms with Crippen LogP contribution in [0.3, 0.4) is 0 Å². The Morgan fingerprint density at radius 1 is 1.39 bits per heavy atom. The summed E-state index contributed by atoms with van der Waals surface area (Å²) < 4.78 is 43.4. The van der Waals surface area contributed by atoms with Crippen molar-refractivity contribution in [2.24, 2.45) is 0 Å². The number of urea groups is 1. The number of nitrogens with zero attached hydrogens (tertiary/aromatic N) is 2. The largest absolute Gasteiger partial charge is 0.432 e. The van der Waals surface area contributed by atoms with E-state index in [9.17, 15) is 18.0 Å². The first-order valence-electron chi connectivity index (χ1n) is 6.79. The zero-order chi connectivity index (χ0) is 16.7. The Balaban J connectivity index is 1.75. The third kappa shape index (κ3) is 5.53. The molecular formula is C14H15F3N4O2. The summed E-state index contributed by atoms with van der Waals surface area (Å²) in [4.78, 5) is 15.5. The van der Waals surface area contributed by atoms with Crippen LogP contribution >= 0.6 is 0 Å². The molecule has 0 aliphatic heterocycles. The number of imidazole rings is 1. The van der Waals surface area contributed by atoms with Gasteiger partial charge in [0.2, 0.25) is 0 Å². The number of carbonyl (C=O) groups excluding carboxylic acids is 1. The van der Waals surface area contributed by atoms with Crippen LogP contribution in [0, 0.1) is 5.82 Å². The van der Waals surface area contributed by atoms with E-state index in [1.54, 1.807) is 12.5 Å². The van der Waals surface area contributed by atoms with E-state index in [-0.39, 0.29) is 5.69 Å². The third-order valence-corrected chi connectivity index (χ3v) is 2.84. The quantitative estimate of drug-likeness (QED) is 0.768. The highest BCUT2D eigenvalue weighted by molar-refractivity contribution is 5.89. The molecule has 0 saturated carbocycles. The van der Waals surface area contributed by atoms with Crippen molar-refractivity contribution in [1.29, 1.82) is 0 Å². The van der Waals surface area contributed by atoms with Gasteiger partial charge in [-0.05, 0) is 18.6 Å². The van der Waals surface area contributed by atoms with Gasteiger partial charge in [0.1, 0.15) is 0 Å². The highest BCUT2D eigenvalue weighted by Crippen LogP contribution is 2.22. The van der Waals surface area contributed by atoms with Gasteiger partial charge in [-0.2, -0.15) is 8.78 Å². The Bertz CT molecular complexity index is 635. The smallest absolute Gasteiger partial charge is 0.387 e. The summed E-state index contributed by atoms with van der Waals surface area (Å²) in [6.45, 7) is -1.99. The lowest BCUT2D eigenvalue weighted by atomic mass is 10.3. The van der Waals surface area contributed by atoms with Crippen LogP contribution in [0.25, 0.3) is 0 Å². The Morgan fingerprint density at radius 3 is 2.87 bits per heavy atom. The Hall–Kier alpha value is -2.71. The van der Waals surface area contributed by atoms with E-state index >= 15 is 0 Å². The van der Waals surface area contributed by atoms with Gasteiger partial charge in [0.05, 0.1) is 6.33 Å². The number of aromatic nitrogens is 2. The molecule has 2 aromatic rings. The third-order valence-electron chi connectivity index (χ3n) is 2.84. The number of ether oxygens (including phenoxy) is 1. The van der Waals surface area contributed by atoms with Crippen LogP contribution in [0.15, 0.2) is 36.9 Å². The van der Waals surface area contributed by atoms with Crippen molar-refractivity contribution in [3.05, 3.63) is 42.7 Å². The van der Waals surface area contributed by atoms with Gasteiger partial charge in [-0.3, -0.25) is 0 Å². The molecule has 0 atom stereocenters. The van der Waals surface area contributed by atoms with Crippen LogP contribution in [-0.4, -0.2) is 28.7 Å². The Labute approximate surface area is 130 Å². The number of anilines is 1. The zero-order valence-corrected chi connectivity index (χ0v) is 12.0. The van der Waals surface area contributed by atoms with Crippen LogP contribution in [0.4, 0.5) is 23.7 Å². The maximum absolute atomic E-state index is 13.5. The van der Waals surface area contributed by atoms with E-state index < -0.39 is 24.2 Å². The zero-order valence-electron chi connectivity index (χ0n) is 12.0. The van der Waals surface area contributed by atoms with Crippen LogP contribution in [0.5, 0.6) is 5.75 Å². The van der Waals surface area contributed by atoms with Crippen LogP contribution in [0.2, 0.25) is 0 Å². The number of carbonyl (C=O) groups is 1. The molecule has 1 aromatic heterocycles. The minimum Gasteiger partial charge on any atom is -0.432 e. The lowest BCUT2D eigenvalue weighted by Gasteiger charge is -2.10. The first-order chi connectivity index (χ1) is 11.0. The van der Waals surface area contributed by atoms with Crippen molar-refractivity contribution in [3.8, 4) is 5.75 Å². The average Bonchev–Trinajstić information content (AvgIpc) is 2.99. The molecule has 0 radical (unpaired) electrons. The molecule has 0 unspecified atom stereocenters. The number of alkyl halides is 2. The molecule has 1 heterocycles. The fraction of sp³-hybridized carbons (Fsp3) is 0.286. The summed E-state index contributed by atoms with van der Waals surface area (Å²) in [5.41, 5.74) is 0.135. The Kier molecular flexibility index (Phi) is 5.84. The van der Waals surface area contributed by atoms with Crippen LogP contribution < -0.4 is 15.4 Å². The number of hydrogen-bond acceptors (Lipinski definition) is 3. The molecule has 0 spiro atoms. The molecule has 124 valence electrons. The minimum absolute atomic E-state index is 0.135. The molecule has 1 aromatic carbocycles. The topological polar surface area (TPSA) is 68.2 Å². The molecule has 0 bridgehead atoms. The van der Waals surface area contributed by atoms with Crippen LogP contribution in [-0.2, 0) is 6.54 Å². The molecule has 2 amide bonds. The maximum atomic E-state index is 13.5. The van der Waals surface area contributed by atoms with Gasteiger partial charge in [-0.1, -0.05) is 0 Å². The number of halogens is 3. The summed E-state index contributed by atoms with van der Waals surface area (Å²) in [6.07, 6.45) is 5.84. The van der Waals surface area contributed by atoms with E-state index in [1.807, 2.05) is 10.8 Å². The highest BCUT2D eigenvalue weighted by Gasteiger charge is 2.11. The fourth-order valence-electron chi connectivity index (χ4n) is 1.83. The predicted molar refractivity (Wildman–Crippen MR) is 76.9 cm³/mol. The molecule has 6 nitrogen and oxygen atoms in total. The van der Waals surface area contributed by atoms with E-state index in [0.717, 1.165) is 12.1 Å². The lowest BCUT2D eigenvalue weighted by Crippen LogP contribution is -2.30. The summed E-state index contributed by atoms with van der Waals surface area (Å²) in [5.74, 6) is -1.56. The van der Waals surface area contributed by atoms with Gasteiger partial charge in [0, 0.05) is 37.2 Å². The first kappa shape index (κ1) is 16.7. The lowest BCUT2D eigenvalue weighted by molar-refractivity contribution is -0.0521. The summed E-state index contributed by atoms with van der Waals surface area (Å²) in [6, 6.07) is 2.68. The van der Waals surface area contributed by atoms with E-state index in [0.29, 0.717) is 19.5 Å². The van der Waals surface area contributed by atoms with E-state index in [4.69, 9.17) is 0 Å². The van der Waals surface area contributed by atoms with Crippen molar-refractivity contribution in [1.82, 2.24) is 14.9 Å². The van der Waals surface area contributed by atoms with Crippen molar-refractivity contribution >= 4 is 11.7 Å². The highest BCUT2D eigenvalue weighted by atomic mass is 19.3. The first-order valence-corrected chi connectivity index (χ1v) is 6.79. The van der Waals surface area contributed by atoms with Crippen LogP contribution in [0.1, 0.15) is 6.42 Å². The van der Waals surface area contributed by atoms with Gasteiger partial charge >= 0.3 is 12.6 Å². The fourth-order valence-corrected chi connectivity index (χ4v) is 1.83. The van der Waals surface area contributed by atoms with Crippen molar-refractivity contribution in [3.63, 3.8) is 0 Å². The number of rotatable bonds is 7. The van der Waals surface area contributed by atoms with Crippen molar-refractivity contribution in [2.45, 2.75) is 19.6 Å². The maximum Gasteiger partial charge on any atom is 0.387 e. The van der Waals surface area contributed by atoms with Gasteiger partial charge in [0.15, 0.2) is 11.6 Å². The molecule has 2 N–H and O–H groups in total. The number of amides is 2. The molecule has 2 rings (SSSR count). The van der Waals surface area contributed by atoms with Gasteiger partial charge in [0.25, 0.3) is 0 Å². The normalized spacial score (nSPS) is 10.6. The molecule has 0 aliphatic rings. The Morgan fingerprint density at radius 2 is 2.22 bits per heavy atom. The average molecular weight is 328 g/mol. The summed E-state index contributed by atoms with van der Waals surface area (Å²) in [7, 11) is 0. The molecule has 23 heavy (non-hydrogen) atoms. The second-order valence-electron chi connectivity index (χ2n) is 4.56. The second kappa shape index (κ2) is 8.06. The molecule has 9 heteroatoms. The standard InChI is InChI=1S/C14H15F3N4O2/c15-11-8-10(2-3-12(11)23-13(16)17)20-14(22)19-4-1-6-21-7-5-18-9-21/h2-3,5,7-9,13H,1,4,6H2,(H2,19,20,22). The van der Waals surface area contributed by atoms with E-state index in [1.165, 1.54) is 6.07 Å². The second-order valence-corrected chi connectivity index (χ2v) is 4.56. The van der Waals surface area contributed by atoms with Gasteiger partial charge < -0.3 is 19.9 Å². The summed E-state index contributed by atoms with van der Waals surface area (Å²) in [5, 5.41) is 5.01. The molecule has 0 fully saturated rings. The van der Waals surface area contributed by atoms with Gasteiger partial charge in [-0.15, -0.1) is 0 Å². The van der Waals surface area contributed by atoms with Gasteiger partial charge in [-0.25, -0.2) is 14.2 Å². The SMILES string of the molecule is O=C(NCCCn1ccnc1)Nc1ccc(OC(F)F)c(F)c1. The van der Waals surface area contributed by atoms with Crippen molar-refractivity contribution in [2.75, 3.05) is 11.9 Å². The number of benzene rings is 1. The molecular weight excluding hydrogens is 313 g/mol. The number of nitrogens with one attached hydrogen (secondary N) is 2. The number of hydrogen-bond donors (Lipinski definition) is 2. The molecule has 0 aliphatic carbocycles. The van der Waals surface area contributed by atoms with Crippen molar-refractivity contribution < 1.29 is 22.7 Å². The minimum atomic E-state index is -3.11. The summed E-state index contributed by atoms with van der Waals surface area (Å²) >= 11 is 0. The predicted octanol–water partition coefficient (Wildman–Crippen LogP) is 2.84.